The largest absolute Gasteiger partial charge is 0.333 e. The molecule has 0 aromatic carbocycles. The number of nitrogens with one attached hydrogen (secondary N) is 1. The molecule has 2 nitrogen and oxygen atoms in total. The zero-order valence-corrected chi connectivity index (χ0v) is 16.0. The Hall–Kier alpha value is -0.630. The molecule has 132 valence electrons. The van der Waals surface area contributed by atoms with E-state index < -0.39 is 0 Å². The van der Waals surface area contributed by atoms with Gasteiger partial charge in [-0.05, 0) is 44.2 Å². The molecular weight excluding hydrogens is 268 g/mol. The van der Waals surface area contributed by atoms with Gasteiger partial charge >= 0.3 is 0 Å². The second-order valence-corrected chi connectivity index (χ2v) is 6.71. The van der Waals surface area contributed by atoms with E-state index in [0.29, 0.717) is 0 Å². The Morgan fingerprint density at radius 2 is 1.55 bits per heavy atom. The zero-order valence-electron chi connectivity index (χ0n) is 16.0. The van der Waals surface area contributed by atoms with E-state index in [9.17, 15) is 0 Å². The van der Waals surface area contributed by atoms with Crippen molar-refractivity contribution in [1.29, 1.82) is 5.41 Å². The molecule has 0 aromatic rings. The van der Waals surface area contributed by atoms with Crippen LogP contribution in [-0.2, 0) is 0 Å². The van der Waals surface area contributed by atoms with Gasteiger partial charge in [-0.15, -0.1) is 0 Å². The molecule has 1 atom stereocenters. The minimum atomic E-state index is 0.866. The van der Waals surface area contributed by atoms with Crippen LogP contribution in [0.2, 0.25) is 0 Å². The summed E-state index contributed by atoms with van der Waals surface area (Å²) in [5, 5.41) is 7.16. The van der Waals surface area contributed by atoms with Gasteiger partial charge in [0.1, 0.15) is 0 Å². The number of hydrogen-bond acceptors (Lipinski definition) is 2. The summed E-state index contributed by atoms with van der Waals surface area (Å²) in [6.45, 7) is 8.98. The summed E-state index contributed by atoms with van der Waals surface area (Å²) >= 11 is 0. The van der Waals surface area contributed by atoms with Crippen LogP contribution >= 0.6 is 0 Å². The average Bonchev–Trinajstić information content (AvgIpc) is 2.52. The zero-order chi connectivity index (χ0) is 17.2. The van der Waals surface area contributed by atoms with Crippen molar-refractivity contribution in [2.75, 3.05) is 7.05 Å². The molecule has 1 unspecified atom stereocenters. The van der Waals surface area contributed by atoms with E-state index >= 15 is 0 Å². The fourth-order valence-corrected chi connectivity index (χ4v) is 2.80. The lowest BCUT2D eigenvalue weighted by Gasteiger charge is -2.15. The molecule has 0 amide bonds. The Labute approximate surface area is 140 Å². The predicted molar refractivity (Wildman–Crippen MR) is 103 cm³/mol. The van der Waals surface area contributed by atoms with Gasteiger partial charge < -0.3 is 11.1 Å². The van der Waals surface area contributed by atoms with Gasteiger partial charge in [0.25, 0.3) is 0 Å². The average molecular weight is 311 g/mol. The number of hydrogen-bond donors (Lipinski definition) is 2. The summed E-state index contributed by atoms with van der Waals surface area (Å²) in [6.07, 6.45) is 17.3. The first-order valence-corrected chi connectivity index (χ1v) is 9.35. The van der Waals surface area contributed by atoms with Crippen LogP contribution in [-0.4, -0.2) is 13.3 Å². The van der Waals surface area contributed by atoms with Crippen LogP contribution in [0.25, 0.3) is 0 Å². The highest BCUT2D eigenvalue weighted by molar-refractivity contribution is 5.74. The molecule has 0 rings (SSSR count). The molecule has 3 N–H and O–H groups in total. The number of allylic oxidation sites excluding steroid dienone is 2. The number of unbranched alkanes of at least 4 members (excludes halogenated alkanes) is 3. The van der Waals surface area contributed by atoms with Crippen LogP contribution in [0.5, 0.6) is 0 Å². The lowest BCUT2D eigenvalue weighted by molar-refractivity contribution is 0.383. The van der Waals surface area contributed by atoms with Crippen LogP contribution in [0.15, 0.2) is 11.6 Å². The maximum Gasteiger partial charge on any atom is 0.0203 e. The van der Waals surface area contributed by atoms with Crippen molar-refractivity contribution in [3.63, 3.8) is 0 Å². The van der Waals surface area contributed by atoms with E-state index in [1.807, 2.05) is 6.92 Å². The molecule has 0 saturated carbocycles. The lowest BCUT2D eigenvalue weighted by atomic mass is 9.91. The summed E-state index contributed by atoms with van der Waals surface area (Å²) in [5.74, 6) is 1.80. The standard InChI is InChI=1S/C19H37N.CH5N/c1-5-11-19(14-8-6-7-12-17(2)3)15-10-9-13-18(4)16-20;1-2/h13,16-17,19-20H,5-12,14-15H2,1-4H3;2H2,1H3/b18-13-,20-16?;. The van der Waals surface area contributed by atoms with Gasteiger partial charge in [0, 0.05) is 6.21 Å². The first-order valence-electron chi connectivity index (χ1n) is 9.35. The maximum atomic E-state index is 7.16. The van der Waals surface area contributed by atoms with Gasteiger partial charge in [-0.2, -0.15) is 0 Å². The normalized spacial score (nSPS) is 12.8. The van der Waals surface area contributed by atoms with E-state index in [1.165, 1.54) is 71.0 Å². The molecule has 0 saturated heterocycles. The van der Waals surface area contributed by atoms with Gasteiger partial charge in [0.05, 0.1) is 0 Å². The SMILES string of the molecule is CCCC(CCC/C=C(/C)C=N)CCCCCC(C)C.CN. The Kier molecular flexibility index (Phi) is 19.8. The molecule has 0 spiro atoms. The molecule has 0 aliphatic rings. The van der Waals surface area contributed by atoms with E-state index in [4.69, 9.17) is 5.41 Å². The summed E-state index contributed by atoms with van der Waals surface area (Å²) < 4.78 is 0. The second kappa shape index (κ2) is 18.4. The predicted octanol–water partition coefficient (Wildman–Crippen LogP) is 6.35. The van der Waals surface area contributed by atoms with Crippen molar-refractivity contribution in [3.8, 4) is 0 Å². The van der Waals surface area contributed by atoms with E-state index in [0.717, 1.165) is 23.8 Å². The number of rotatable bonds is 13. The Bertz CT molecular complexity index is 256. The van der Waals surface area contributed by atoms with Gasteiger partial charge in [-0.3, -0.25) is 0 Å². The molecule has 0 heterocycles. The van der Waals surface area contributed by atoms with Crippen LogP contribution in [0, 0.1) is 17.2 Å². The topological polar surface area (TPSA) is 49.9 Å². The minimum absolute atomic E-state index is 0.866. The Morgan fingerprint density at radius 1 is 0.955 bits per heavy atom. The molecule has 0 radical (unpaired) electrons. The Morgan fingerprint density at radius 3 is 2.09 bits per heavy atom. The molecular formula is C20H42N2. The molecule has 0 fully saturated rings. The second-order valence-electron chi connectivity index (χ2n) is 6.71. The third-order valence-corrected chi connectivity index (χ3v) is 4.10. The molecule has 0 bridgehead atoms. The number of nitrogens with two attached hydrogens (primary N) is 1. The smallest absolute Gasteiger partial charge is 0.0203 e. The lowest BCUT2D eigenvalue weighted by Crippen LogP contribution is -2.00. The Balaban J connectivity index is 0. The monoisotopic (exact) mass is 310 g/mol. The van der Waals surface area contributed by atoms with Gasteiger partial charge in [0.15, 0.2) is 0 Å². The van der Waals surface area contributed by atoms with Crippen molar-refractivity contribution < 1.29 is 0 Å². The quantitative estimate of drug-likeness (QED) is 0.302. The summed E-state index contributed by atoms with van der Waals surface area (Å²) in [5.41, 5.74) is 5.60. The van der Waals surface area contributed by atoms with Crippen LogP contribution in [0.4, 0.5) is 0 Å². The fourth-order valence-electron chi connectivity index (χ4n) is 2.80. The maximum absolute atomic E-state index is 7.16. The first kappa shape index (κ1) is 23.6. The molecule has 0 aromatic heterocycles. The third-order valence-electron chi connectivity index (χ3n) is 4.10. The molecule has 0 aliphatic carbocycles. The van der Waals surface area contributed by atoms with Crippen molar-refractivity contribution in [2.45, 2.75) is 91.9 Å². The summed E-state index contributed by atoms with van der Waals surface area (Å²) in [6, 6.07) is 0. The van der Waals surface area contributed by atoms with Gasteiger partial charge in [-0.25, -0.2) is 0 Å². The van der Waals surface area contributed by atoms with Crippen molar-refractivity contribution in [1.82, 2.24) is 0 Å². The van der Waals surface area contributed by atoms with E-state index in [-0.39, 0.29) is 0 Å². The van der Waals surface area contributed by atoms with Crippen LogP contribution in [0.3, 0.4) is 0 Å². The third kappa shape index (κ3) is 17.4. The minimum Gasteiger partial charge on any atom is -0.333 e. The van der Waals surface area contributed by atoms with Crippen molar-refractivity contribution in [2.24, 2.45) is 17.6 Å². The fraction of sp³-hybridized carbons (Fsp3) is 0.850. The van der Waals surface area contributed by atoms with Gasteiger partial charge in [-0.1, -0.05) is 78.2 Å². The highest BCUT2D eigenvalue weighted by Crippen LogP contribution is 2.22. The van der Waals surface area contributed by atoms with Crippen LogP contribution < -0.4 is 5.73 Å². The van der Waals surface area contributed by atoms with Crippen molar-refractivity contribution >= 4 is 6.21 Å². The van der Waals surface area contributed by atoms with E-state index in [1.54, 1.807) is 0 Å². The van der Waals surface area contributed by atoms with Crippen LogP contribution in [0.1, 0.15) is 91.9 Å². The molecule has 2 heteroatoms. The first-order chi connectivity index (χ1) is 10.6. The van der Waals surface area contributed by atoms with Gasteiger partial charge in [0.2, 0.25) is 0 Å². The molecule has 22 heavy (non-hydrogen) atoms. The highest BCUT2D eigenvalue weighted by Gasteiger charge is 2.07. The summed E-state index contributed by atoms with van der Waals surface area (Å²) in [4.78, 5) is 0. The summed E-state index contributed by atoms with van der Waals surface area (Å²) in [7, 11) is 1.50. The van der Waals surface area contributed by atoms with Crippen molar-refractivity contribution in [3.05, 3.63) is 11.6 Å². The highest BCUT2D eigenvalue weighted by atomic mass is 14.4. The van der Waals surface area contributed by atoms with E-state index in [2.05, 4.69) is 32.6 Å². The molecule has 0 aliphatic heterocycles.